The summed E-state index contributed by atoms with van der Waals surface area (Å²) in [6, 6.07) is 5.86. The number of nitrogens with zero attached hydrogens (tertiary/aromatic N) is 2. The highest BCUT2D eigenvalue weighted by molar-refractivity contribution is 7.99. The van der Waals surface area contributed by atoms with Crippen molar-refractivity contribution in [3.63, 3.8) is 0 Å². The first-order chi connectivity index (χ1) is 19.2. The third-order valence-electron chi connectivity index (χ3n) is 5.71. The molecule has 0 saturated carbocycles. The van der Waals surface area contributed by atoms with Crippen LogP contribution in [0.15, 0.2) is 52.3 Å². The van der Waals surface area contributed by atoms with Gasteiger partial charge in [-0.05, 0) is 37.1 Å². The third-order valence-corrected chi connectivity index (χ3v) is 8.74. The molecule has 0 aliphatic heterocycles. The van der Waals surface area contributed by atoms with E-state index in [2.05, 4.69) is 16.9 Å². The maximum atomic E-state index is 13.5. The molecule has 0 bridgehead atoms. The molecule has 0 aliphatic carbocycles. The zero-order valence-corrected chi connectivity index (χ0v) is 24.2. The predicted molar refractivity (Wildman–Crippen MR) is 155 cm³/mol. The van der Waals surface area contributed by atoms with Crippen molar-refractivity contribution in [2.45, 2.75) is 25.5 Å². The number of thioether (sulfide) groups is 1. The third kappa shape index (κ3) is 5.86. The van der Waals surface area contributed by atoms with Gasteiger partial charge in [0, 0.05) is 17.5 Å². The monoisotopic (exact) mass is 601 g/mol. The molecule has 0 spiro atoms. The molecule has 0 aliphatic rings. The zero-order chi connectivity index (χ0) is 29.0. The molecular formula is C27H24FN3O6S3. The summed E-state index contributed by atoms with van der Waals surface area (Å²) in [5.41, 5.74) is 1.45. The standard InChI is InChI=1S/C27H24FN3O6S3/c1-5-11-31-24(33)20-17(15-7-9-16(28)10-8-15)12-38-22(20)30-27(31)39-13-18(32)29-23-19(25(34)37-6-2)14(3)21(40-23)26(35)36-4/h5,7-10,12H,1,6,11,13H2,2-4H3,(H,29,32). The number of fused-ring (bicyclic) bond motifs is 1. The number of carbonyl (C=O) groups excluding carboxylic acids is 3. The van der Waals surface area contributed by atoms with Crippen LogP contribution in [-0.2, 0) is 20.8 Å². The lowest BCUT2D eigenvalue weighted by Gasteiger charge is -2.11. The van der Waals surface area contributed by atoms with E-state index in [1.807, 2.05) is 0 Å². The number of esters is 2. The fourth-order valence-corrected chi connectivity index (χ4v) is 6.80. The van der Waals surface area contributed by atoms with Gasteiger partial charge in [0.2, 0.25) is 5.91 Å². The van der Waals surface area contributed by atoms with Crippen LogP contribution in [0.4, 0.5) is 9.39 Å². The number of hydrogen-bond donors (Lipinski definition) is 1. The smallest absolute Gasteiger partial charge is 0.348 e. The minimum Gasteiger partial charge on any atom is -0.465 e. The van der Waals surface area contributed by atoms with E-state index in [0.717, 1.165) is 23.1 Å². The summed E-state index contributed by atoms with van der Waals surface area (Å²) in [5.74, 6) is -2.30. The van der Waals surface area contributed by atoms with Crippen LogP contribution in [0.3, 0.4) is 0 Å². The normalized spacial score (nSPS) is 10.9. The Kier molecular flexibility index (Phi) is 9.17. The molecule has 1 amide bonds. The molecule has 9 nitrogen and oxygen atoms in total. The number of rotatable bonds is 10. The predicted octanol–water partition coefficient (Wildman–Crippen LogP) is 5.51. The Bertz CT molecular complexity index is 1670. The van der Waals surface area contributed by atoms with Crippen molar-refractivity contribution in [2.75, 3.05) is 24.8 Å². The van der Waals surface area contributed by atoms with Crippen LogP contribution in [0.25, 0.3) is 21.3 Å². The number of anilines is 1. The number of aromatic nitrogens is 2. The number of carbonyl (C=O) groups is 3. The largest absolute Gasteiger partial charge is 0.465 e. The first-order valence-corrected chi connectivity index (χ1v) is 14.6. The summed E-state index contributed by atoms with van der Waals surface area (Å²) in [5, 5.41) is 5.34. The summed E-state index contributed by atoms with van der Waals surface area (Å²) in [7, 11) is 1.23. The van der Waals surface area contributed by atoms with Gasteiger partial charge in [0.25, 0.3) is 5.56 Å². The van der Waals surface area contributed by atoms with Crippen molar-refractivity contribution < 1.29 is 28.2 Å². The van der Waals surface area contributed by atoms with Crippen LogP contribution in [0.5, 0.6) is 0 Å². The number of allylic oxidation sites excluding steroid dienone is 1. The van der Waals surface area contributed by atoms with Crippen LogP contribution < -0.4 is 10.9 Å². The Morgan fingerprint density at radius 2 is 1.95 bits per heavy atom. The van der Waals surface area contributed by atoms with Crippen molar-refractivity contribution in [3.8, 4) is 11.1 Å². The maximum absolute atomic E-state index is 13.5. The molecule has 13 heteroatoms. The van der Waals surface area contributed by atoms with Gasteiger partial charge in [-0.25, -0.2) is 19.0 Å². The average Bonchev–Trinajstić information content (AvgIpc) is 3.50. The minimum absolute atomic E-state index is 0.0839. The van der Waals surface area contributed by atoms with Crippen LogP contribution in [0.1, 0.15) is 32.5 Å². The Balaban J connectivity index is 1.62. The number of amides is 1. The van der Waals surface area contributed by atoms with Crippen molar-refractivity contribution in [1.29, 1.82) is 0 Å². The second-order valence-electron chi connectivity index (χ2n) is 8.24. The van der Waals surface area contributed by atoms with E-state index in [-0.39, 0.29) is 45.7 Å². The van der Waals surface area contributed by atoms with Crippen molar-refractivity contribution in [3.05, 3.63) is 74.5 Å². The highest BCUT2D eigenvalue weighted by atomic mass is 32.2. The molecule has 208 valence electrons. The van der Waals surface area contributed by atoms with E-state index < -0.39 is 17.8 Å². The fraction of sp³-hybridized carbons (Fsp3) is 0.222. The van der Waals surface area contributed by atoms with Gasteiger partial charge < -0.3 is 14.8 Å². The Hall–Kier alpha value is -3.81. The molecule has 0 fully saturated rings. The molecule has 40 heavy (non-hydrogen) atoms. The number of nitrogens with one attached hydrogen (secondary N) is 1. The second-order valence-corrected chi connectivity index (χ2v) is 11.1. The summed E-state index contributed by atoms with van der Waals surface area (Å²) in [6.07, 6.45) is 1.55. The molecule has 1 N–H and O–H groups in total. The number of ether oxygens (including phenoxy) is 2. The molecule has 4 rings (SSSR count). The zero-order valence-electron chi connectivity index (χ0n) is 21.7. The number of methoxy groups -OCH3 is 1. The van der Waals surface area contributed by atoms with E-state index in [1.54, 1.807) is 37.4 Å². The van der Waals surface area contributed by atoms with E-state index in [4.69, 9.17) is 9.47 Å². The Labute approximate surface area is 240 Å². The minimum atomic E-state index is -0.670. The van der Waals surface area contributed by atoms with E-state index in [1.165, 1.54) is 35.1 Å². The molecule has 0 unspecified atom stereocenters. The highest BCUT2D eigenvalue weighted by Gasteiger charge is 2.27. The highest BCUT2D eigenvalue weighted by Crippen LogP contribution is 2.35. The van der Waals surface area contributed by atoms with Crippen LogP contribution in [0.2, 0.25) is 0 Å². The summed E-state index contributed by atoms with van der Waals surface area (Å²) < 4.78 is 24.7. The molecular weight excluding hydrogens is 578 g/mol. The van der Waals surface area contributed by atoms with E-state index >= 15 is 0 Å². The van der Waals surface area contributed by atoms with Crippen molar-refractivity contribution in [1.82, 2.24) is 9.55 Å². The molecule has 0 radical (unpaired) electrons. The Morgan fingerprint density at radius 3 is 2.60 bits per heavy atom. The lowest BCUT2D eigenvalue weighted by atomic mass is 10.1. The van der Waals surface area contributed by atoms with Crippen LogP contribution >= 0.6 is 34.4 Å². The SMILES string of the molecule is C=CCn1c(SCC(=O)Nc2sc(C(=O)OC)c(C)c2C(=O)OCC)nc2scc(-c3ccc(F)cc3)c2c1=O. The van der Waals surface area contributed by atoms with Gasteiger partial charge in [0.1, 0.15) is 20.5 Å². The second kappa shape index (κ2) is 12.6. The Morgan fingerprint density at radius 1 is 1.23 bits per heavy atom. The maximum Gasteiger partial charge on any atom is 0.348 e. The molecule has 3 aromatic heterocycles. The number of benzene rings is 1. The molecule has 0 atom stereocenters. The van der Waals surface area contributed by atoms with Crippen LogP contribution in [-0.4, -0.2) is 46.9 Å². The number of halogens is 1. The lowest BCUT2D eigenvalue weighted by Crippen LogP contribution is -2.23. The first-order valence-electron chi connectivity index (χ1n) is 11.9. The van der Waals surface area contributed by atoms with Crippen molar-refractivity contribution >= 4 is 67.5 Å². The van der Waals surface area contributed by atoms with Gasteiger partial charge in [-0.15, -0.1) is 29.3 Å². The summed E-state index contributed by atoms with van der Waals surface area (Å²) in [4.78, 5) is 56.5. The van der Waals surface area contributed by atoms with Gasteiger partial charge in [-0.1, -0.05) is 30.0 Å². The van der Waals surface area contributed by atoms with Crippen LogP contribution in [0, 0.1) is 12.7 Å². The average molecular weight is 602 g/mol. The summed E-state index contributed by atoms with van der Waals surface area (Å²) in [6.45, 7) is 7.23. The molecule has 0 saturated heterocycles. The molecule has 1 aromatic carbocycles. The quantitative estimate of drug-likeness (QED) is 0.109. The lowest BCUT2D eigenvalue weighted by molar-refractivity contribution is -0.113. The topological polar surface area (TPSA) is 117 Å². The van der Waals surface area contributed by atoms with E-state index in [0.29, 0.717) is 32.1 Å². The fourth-order valence-electron chi connectivity index (χ4n) is 3.88. The van der Waals surface area contributed by atoms with Gasteiger partial charge in [0.15, 0.2) is 5.16 Å². The van der Waals surface area contributed by atoms with Gasteiger partial charge in [-0.2, -0.15) is 0 Å². The first kappa shape index (κ1) is 29.2. The van der Waals surface area contributed by atoms with Gasteiger partial charge in [0.05, 0.1) is 30.4 Å². The van der Waals surface area contributed by atoms with Gasteiger partial charge in [-0.3, -0.25) is 14.2 Å². The number of thiophene rings is 2. The summed E-state index contributed by atoms with van der Waals surface area (Å²) >= 11 is 3.23. The molecule has 4 aromatic rings. The number of hydrogen-bond acceptors (Lipinski definition) is 10. The van der Waals surface area contributed by atoms with Crippen molar-refractivity contribution in [2.24, 2.45) is 0 Å². The van der Waals surface area contributed by atoms with E-state index in [9.17, 15) is 23.6 Å². The molecule has 3 heterocycles. The van der Waals surface area contributed by atoms with Gasteiger partial charge >= 0.3 is 11.9 Å².